The van der Waals surface area contributed by atoms with Gasteiger partial charge in [-0.3, -0.25) is 4.79 Å². The Hall–Kier alpha value is -2.86. The van der Waals surface area contributed by atoms with Crippen molar-refractivity contribution in [3.63, 3.8) is 0 Å². The summed E-state index contributed by atoms with van der Waals surface area (Å²) in [5, 5.41) is 11.6. The molecule has 136 valence electrons. The molecule has 0 spiro atoms. The summed E-state index contributed by atoms with van der Waals surface area (Å²) in [5.41, 5.74) is 1.56. The second kappa shape index (κ2) is 8.49. The smallest absolute Gasteiger partial charge is 0.341 e. The van der Waals surface area contributed by atoms with E-state index in [0.29, 0.717) is 18.0 Å². The average Bonchev–Trinajstić information content (AvgIpc) is 2.67. The summed E-state index contributed by atoms with van der Waals surface area (Å²) in [6.45, 7) is 0.214. The number of rotatable bonds is 6. The molecule has 2 atom stereocenters. The van der Waals surface area contributed by atoms with Crippen LogP contribution in [0, 0.1) is 5.92 Å². The maximum Gasteiger partial charge on any atom is 0.341 e. The lowest BCUT2D eigenvalue weighted by atomic mass is 9.88. The van der Waals surface area contributed by atoms with E-state index >= 15 is 0 Å². The summed E-state index contributed by atoms with van der Waals surface area (Å²) in [5.74, 6) is -1.06. The lowest BCUT2D eigenvalue weighted by Crippen LogP contribution is -2.33. The fraction of sp³-hybridized carbons (Fsp3) is 0.300. The van der Waals surface area contributed by atoms with Gasteiger partial charge >= 0.3 is 5.97 Å². The molecule has 1 aliphatic rings. The first-order valence-electron chi connectivity index (χ1n) is 8.55. The number of nitrogens with one attached hydrogen (secondary N) is 1. The Morgan fingerprint density at radius 3 is 2.73 bits per heavy atom. The van der Waals surface area contributed by atoms with Gasteiger partial charge in [0.15, 0.2) is 6.61 Å². The molecule has 2 N–H and O–H groups in total. The Kier molecular flexibility index (Phi) is 5.86. The number of hydrogen-bond donors (Lipinski definition) is 2. The number of amides is 1. The predicted molar refractivity (Wildman–Crippen MR) is 96.1 cm³/mol. The molecule has 0 saturated carbocycles. The van der Waals surface area contributed by atoms with E-state index in [1.165, 1.54) is 0 Å². The number of anilines is 1. The molecule has 0 radical (unpaired) electrons. The topological polar surface area (TPSA) is 84.9 Å². The molecule has 2 unspecified atom stereocenters. The van der Waals surface area contributed by atoms with Crippen molar-refractivity contribution in [1.82, 2.24) is 0 Å². The molecular formula is C20H21NO5. The average molecular weight is 355 g/mol. The Morgan fingerprint density at radius 1 is 1.15 bits per heavy atom. The lowest BCUT2D eigenvalue weighted by Gasteiger charge is -2.31. The van der Waals surface area contributed by atoms with Crippen molar-refractivity contribution in [3.05, 3.63) is 60.2 Å². The zero-order valence-corrected chi connectivity index (χ0v) is 14.3. The van der Waals surface area contributed by atoms with Crippen molar-refractivity contribution in [1.29, 1.82) is 0 Å². The van der Waals surface area contributed by atoms with Crippen molar-refractivity contribution >= 4 is 17.6 Å². The van der Waals surface area contributed by atoms with Crippen LogP contribution in [0.4, 0.5) is 5.69 Å². The van der Waals surface area contributed by atoms with Gasteiger partial charge in [-0.15, -0.1) is 0 Å². The molecule has 3 rings (SSSR count). The largest absolute Gasteiger partial charge is 0.482 e. The highest BCUT2D eigenvalue weighted by Crippen LogP contribution is 2.34. The summed E-state index contributed by atoms with van der Waals surface area (Å²) < 4.78 is 11.0. The van der Waals surface area contributed by atoms with Crippen LogP contribution in [0.3, 0.4) is 0 Å². The fourth-order valence-electron chi connectivity index (χ4n) is 3.06. The summed E-state index contributed by atoms with van der Waals surface area (Å²) in [6, 6.07) is 16.5. The van der Waals surface area contributed by atoms with E-state index in [-0.39, 0.29) is 17.9 Å². The SMILES string of the molecule is O=C(O)COc1cccc(NC(=O)C2CCCOC2c2ccccc2)c1. The summed E-state index contributed by atoms with van der Waals surface area (Å²) >= 11 is 0. The van der Waals surface area contributed by atoms with E-state index in [4.69, 9.17) is 14.6 Å². The molecule has 0 aliphatic carbocycles. The number of ether oxygens (including phenoxy) is 2. The molecule has 1 saturated heterocycles. The minimum atomic E-state index is -1.05. The van der Waals surface area contributed by atoms with Gasteiger partial charge in [0.25, 0.3) is 0 Å². The van der Waals surface area contributed by atoms with Crippen LogP contribution in [0.1, 0.15) is 24.5 Å². The highest BCUT2D eigenvalue weighted by atomic mass is 16.5. The molecule has 0 aromatic heterocycles. The van der Waals surface area contributed by atoms with Crippen molar-refractivity contribution in [2.45, 2.75) is 18.9 Å². The van der Waals surface area contributed by atoms with Gasteiger partial charge in [0, 0.05) is 18.4 Å². The molecule has 6 heteroatoms. The molecule has 0 bridgehead atoms. The van der Waals surface area contributed by atoms with Crippen LogP contribution in [0.2, 0.25) is 0 Å². The van der Waals surface area contributed by atoms with E-state index in [1.54, 1.807) is 24.3 Å². The lowest BCUT2D eigenvalue weighted by molar-refractivity contribution is -0.139. The van der Waals surface area contributed by atoms with E-state index in [9.17, 15) is 9.59 Å². The summed E-state index contributed by atoms with van der Waals surface area (Å²) in [4.78, 5) is 23.4. The molecule has 1 heterocycles. The Morgan fingerprint density at radius 2 is 1.96 bits per heavy atom. The van der Waals surface area contributed by atoms with Crippen LogP contribution in [-0.2, 0) is 14.3 Å². The predicted octanol–water partition coefficient (Wildman–Crippen LogP) is 3.26. The highest BCUT2D eigenvalue weighted by molar-refractivity contribution is 5.93. The van der Waals surface area contributed by atoms with Crippen molar-refractivity contribution < 1.29 is 24.2 Å². The van der Waals surface area contributed by atoms with E-state index in [0.717, 1.165) is 18.4 Å². The van der Waals surface area contributed by atoms with Crippen molar-refractivity contribution in [2.75, 3.05) is 18.5 Å². The van der Waals surface area contributed by atoms with Crippen LogP contribution in [0.5, 0.6) is 5.75 Å². The van der Waals surface area contributed by atoms with Gasteiger partial charge in [0.05, 0.1) is 12.0 Å². The second-order valence-electron chi connectivity index (χ2n) is 6.15. The first kappa shape index (κ1) is 17.9. The number of carbonyl (C=O) groups excluding carboxylic acids is 1. The minimum absolute atomic E-state index is 0.117. The van der Waals surface area contributed by atoms with Crippen molar-refractivity contribution in [3.8, 4) is 5.75 Å². The molecule has 1 fully saturated rings. The molecule has 2 aromatic carbocycles. The molecule has 6 nitrogen and oxygen atoms in total. The van der Waals surface area contributed by atoms with Gasteiger partial charge in [-0.25, -0.2) is 4.79 Å². The number of hydrogen-bond acceptors (Lipinski definition) is 4. The monoisotopic (exact) mass is 355 g/mol. The number of carboxylic acids is 1. The van der Waals surface area contributed by atoms with E-state index in [1.807, 2.05) is 30.3 Å². The first-order chi connectivity index (χ1) is 12.6. The van der Waals surface area contributed by atoms with Gasteiger partial charge in [0.2, 0.25) is 5.91 Å². The number of carboxylic acid groups (broad SMARTS) is 1. The maximum absolute atomic E-state index is 12.8. The number of aliphatic carboxylic acids is 1. The standard InChI is InChI=1S/C20H21NO5/c22-18(23)13-26-16-9-4-8-15(12-16)21-20(24)17-10-5-11-25-19(17)14-6-2-1-3-7-14/h1-4,6-9,12,17,19H,5,10-11,13H2,(H,21,24)(H,22,23). The number of benzene rings is 2. The number of carbonyl (C=O) groups is 2. The summed E-state index contributed by atoms with van der Waals surface area (Å²) in [6.07, 6.45) is 1.32. The molecule has 26 heavy (non-hydrogen) atoms. The first-order valence-corrected chi connectivity index (χ1v) is 8.55. The second-order valence-corrected chi connectivity index (χ2v) is 6.15. The minimum Gasteiger partial charge on any atom is -0.482 e. The van der Waals surface area contributed by atoms with Gasteiger partial charge in [-0.2, -0.15) is 0 Å². The molecule has 2 aromatic rings. The third-order valence-corrected chi connectivity index (χ3v) is 4.25. The van der Waals surface area contributed by atoms with Crippen LogP contribution < -0.4 is 10.1 Å². The third kappa shape index (κ3) is 4.61. The summed E-state index contributed by atoms with van der Waals surface area (Å²) in [7, 11) is 0. The Labute approximate surface area is 151 Å². The quantitative estimate of drug-likeness (QED) is 0.831. The van der Waals surface area contributed by atoms with Crippen molar-refractivity contribution in [2.24, 2.45) is 5.92 Å². The van der Waals surface area contributed by atoms with Crippen LogP contribution >= 0.6 is 0 Å². The molecule has 1 aliphatic heterocycles. The van der Waals surface area contributed by atoms with E-state index in [2.05, 4.69) is 5.32 Å². The fourth-order valence-corrected chi connectivity index (χ4v) is 3.06. The zero-order chi connectivity index (χ0) is 18.4. The maximum atomic E-state index is 12.8. The Balaban J connectivity index is 1.70. The van der Waals surface area contributed by atoms with E-state index < -0.39 is 12.6 Å². The molecular weight excluding hydrogens is 334 g/mol. The Bertz CT molecular complexity index is 762. The molecule has 1 amide bonds. The van der Waals surface area contributed by atoms with Gasteiger partial charge in [0.1, 0.15) is 5.75 Å². The van der Waals surface area contributed by atoms with Gasteiger partial charge in [-0.1, -0.05) is 36.4 Å². The van der Waals surface area contributed by atoms with Gasteiger partial charge in [-0.05, 0) is 30.5 Å². The normalized spacial score (nSPS) is 19.5. The van der Waals surface area contributed by atoms with Crippen LogP contribution in [0.25, 0.3) is 0 Å². The highest BCUT2D eigenvalue weighted by Gasteiger charge is 2.33. The zero-order valence-electron chi connectivity index (χ0n) is 14.3. The van der Waals surface area contributed by atoms with Crippen LogP contribution in [-0.4, -0.2) is 30.2 Å². The third-order valence-electron chi connectivity index (χ3n) is 4.25. The van der Waals surface area contributed by atoms with Gasteiger partial charge < -0.3 is 19.9 Å². The van der Waals surface area contributed by atoms with Crippen LogP contribution in [0.15, 0.2) is 54.6 Å².